The second-order valence-corrected chi connectivity index (χ2v) is 46.8. The molecule has 9 amide bonds. The highest BCUT2D eigenvalue weighted by atomic mass is 16.5. The highest BCUT2D eigenvalue weighted by Gasteiger charge is 2.70. The average Bonchev–Trinajstić information content (AvgIpc) is 1.50. The number of benzene rings is 6. The number of nitriles is 1. The Kier molecular flexibility index (Phi) is 31.4. The molecule has 1 aromatic heterocycles. The van der Waals surface area contributed by atoms with Gasteiger partial charge in [-0.2, -0.15) is 24.4 Å². The van der Waals surface area contributed by atoms with Gasteiger partial charge in [0, 0.05) is 179 Å². The molecule has 11 aliphatic heterocycles. The fourth-order valence-electron chi connectivity index (χ4n) is 32.2. The van der Waals surface area contributed by atoms with E-state index in [0.29, 0.717) is 81.3 Å². The molecule has 7 N–H and O–H groups in total. The number of piperazine rings is 1. The van der Waals surface area contributed by atoms with Crippen molar-refractivity contribution >= 4 is 82.1 Å². The maximum atomic E-state index is 14.1. The van der Waals surface area contributed by atoms with Crippen LogP contribution in [0.3, 0.4) is 0 Å². The van der Waals surface area contributed by atoms with Gasteiger partial charge >= 0.3 is 12.3 Å². The molecule has 6 aromatic carbocycles. The lowest BCUT2D eigenvalue weighted by Crippen LogP contribution is -2.52. The Bertz CT molecular complexity index is 6330. The number of ether oxygens (including phenoxy) is 1. The van der Waals surface area contributed by atoms with E-state index >= 15 is 0 Å². The number of rotatable bonds is 13. The molecule has 16 aliphatic rings. The molecule has 28 nitrogen and oxygen atoms in total. The molecule has 788 valence electrons. The van der Waals surface area contributed by atoms with Crippen LogP contribution in [0.1, 0.15) is 244 Å². The molecule has 28 heteroatoms. The van der Waals surface area contributed by atoms with Crippen molar-refractivity contribution in [3.63, 3.8) is 0 Å². The number of fused-ring (bicyclic) bond motifs is 7. The highest BCUT2D eigenvalue weighted by Crippen LogP contribution is 2.67. The van der Waals surface area contributed by atoms with Crippen LogP contribution >= 0.6 is 0 Å². The van der Waals surface area contributed by atoms with Crippen LogP contribution in [0, 0.1) is 134 Å². The van der Waals surface area contributed by atoms with Crippen LogP contribution in [-0.2, 0) is 122 Å². The minimum atomic E-state index is -0.599. The third-order valence-corrected chi connectivity index (χ3v) is 37.7. The molecule has 6 saturated heterocycles. The van der Waals surface area contributed by atoms with E-state index in [1.165, 1.54) is 88.9 Å². The predicted molar refractivity (Wildman–Crippen MR) is 560 cm³/mol. The minimum Gasteiger partial charge on any atom is -0.497 e. The van der Waals surface area contributed by atoms with Crippen LogP contribution in [0.15, 0.2) is 121 Å². The number of H-pyrrole nitrogens is 1. The van der Waals surface area contributed by atoms with Gasteiger partial charge in [-0.1, -0.05) is 168 Å². The molecule has 0 bridgehead atoms. The van der Waals surface area contributed by atoms with Gasteiger partial charge in [0.2, 0.25) is 53.2 Å². The molecular weight excluding hydrogens is 1860 g/mol. The number of para-hydroxylation sites is 1. The molecular formula is C120H153N13O15. The van der Waals surface area contributed by atoms with Crippen molar-refractivity contribution in [3.05, 3.63) is 199 Å². The summed E-state index contributed by atoms with van der Waals surface area (Å²) < 4.78 is 5.39. The first-order chi connectivity index (χ1) is 70.9. The van der Waals surface area contributed by atoms with Gasteiger partial charge < -0.3 is 70.8 Å². The second-order valence-electron chi connectivity index (χ2n) is 46.8. The summed E-state index contributed by atoms with van der Waals surface area (Å²) in [7, 11) is 1.69. The van der Waals surface area contributed by atoms with E-state index in [4.69, 9.17) is 34.9 Å². The average molecular weight is 2020 g/mol. The number of hydrogen-bond acceptors (Lipinski definition) is 18. The molecule has 7 aromatic rings. The van der Waals surface area contributed by atoms with Crippen molar-refractivity contribution in [2.24, 2.45) is 100 Å². The maximum absolute atomic E-state index is 14.1. The minimum absolute atomic E-state index is 0.00393. The number of aryl methyl sites for hydroxylation is 8. The zero-order chi connectivity index (χ0) is 106. The molecule has 148 heavy (non-hydrogen) atoms. The normalized spacial score (nSPS) is 31.0. The van der Waals surface area contributed by atoms with Crippen molar-refractivity contribution in [1.29, 1.82) is 5.26 Å². The Labute approximate surface area is 871 Å². The van der Waals surface area contributed by atoms with Crippen molar-refractivity contribution in [1.82, 2.24) is 50.3 Å². The smallest absolute Gasteiger partial charge is 0.373 e. The first kappa shape index (κ1) is 107. The number of aromatic amines is 1. The van der Waals surface area contributed by atoms with Crippen LogP contribution in [0.25, 0.3) is 10.9 Å². The number of aromatic nitrogens is 1. The SMILES string of the molecule is COc1cccc(N2CCN(C(=O)[C@@H]3[C@@H](C)CC45c6ccc(C)cc6CCCN4C(=O)C[C@@H]35)CC2)c1.C[C@H]1C[C@@]23c4[nH]c5ccccc5c4CCN2C(=O)C[C@H]3[C@@H]1CN.Cc1ccc2c(c1)CCCN1C(=O)C[C@H]3[C@H](C(=O)NCC#N)[C@@H](C)CC231.Cc1ccc2c(c1)CCCN1C(=O)C[C@H]3[C@H](C(=O)N[C@H](C)CC(C)C)[C@@H](C)CC231.Cc1ccc2c(c1)CCCN1C(=O)C[C@H]3[C@H](C(=O)N[C@H](C)[C@@H](C)O)[C@@H](C)CC231.O=C=O.O=C=O. The second kappa shape index (κ2) is 43.4. The van der Waals surface area contributed by atoms with Gasteiger partial charge in [-0.25, -0.2) is 0 Å². The number of nitrogens with two attached hydrogens (primary N) is 1. The summed E-state index contributed by atoms with van der Waals surface area (Å²) in [4.78, 5) is 170. The van der Waals surface area contributed by atoms with E-state index in [-0.39, 0.29) is 177 Å². The summed E-state index contributed by atoms with van der Waals surface area (Å²) in [5.41, 5.74) is 25.3. The Morgan fingerprint density at radius 3 is 1.26 bits per heavy atom. The van der Waals surface area contributed by atoms with E-state index in [1.807, 2.05) is 25.1 Å². The van der Waals surface area contributed by atoms with Gasteiger partial charge in [0.05, 0.1) is 53.0 Å². The lowest BCUT2D eigenvalue weighted by molar-refractivity contribution is -0.193. The number of carbonyl (C=O) groups is 9. The molecule has 5 saturated carbocycles. The summed E-state index contributed by atoms with van der Waals surface area (Å²) in [5, 5.41) is 29.0. The number of aliphatic hydroxyl groups is 1. The van der Waals surface area contributed by atoms with Gasteiger partial charge in [-0.3, -0.25) is 43.2 Å². The Balaban J connectivity index is 0.000000125. The Hall–Kier alpha value is -12.1. The predicted octanol–water partition coefficient (Wildman–Crippen LogP) is 14.2. The van der Waals surface area contributed by atoms with Crippen molar-refractivity contribution in [2.75, 3.05) is 84.0 Å². The molecule has 5 spiro atoms. The third kappa shape index (κ3) is 18.8. The standard InChI is InChI=1S/C30H37N3O3.C25H36N2O2.C23H32N2O3.C21H25N3O2.C19H23N3O.2CO2/c1-20-9-10-25-22(16-20)6-5-11-33-27(34)18-26-28(21(2)19-30(25,26)33)29(35)32-14-12-31(13-15-32)23-7-4-8-24(17-23)36-3;1-15(2)11-18(5)26-24(29)23-17(4)14-25-20-9-8-16(3)12-19(20)7-6-10-27(25)22(28)13-21(23)25;1-13-7-8-18-17(10-13)6-5-9-25-20(27)11-19-21(14(2)12-23(18,19)25)22(28)24-15(3)16(4)26;1-13-5-6-16-15(10-13)4-3-9-24-18(25)11-17-19(20(26)23-8-7-22)14(2)12-21(16,17)24;1-11-9-19-15(14(11)10-20)8-17(23)22(19)7-6-13-12-4-2-3-5-16(12)21-18(13)19;2*2-1-3/h4,7-10,16-17,21,26,28H,5-6,11-15,18-19H2,1-3H3;8-9,12,15,17-18,21,23H,6-7,10-11,13-14H2,1-5H3,(H,26,29);7-8,10,14-16,19,21,26H,5-6,9,11-12H2,1-4H3,(H,24,28);5-6,10,14,17,19H,3-4,8-9,11-12H2,1-2H3,(H,23,26);2-5,11,14-15,21H,6-10,20H2,1H3;;/t21-,26-,28+,30?;17-,18+,21-,23+,25?;14-,15+,16+,19-,21+,23?;14-,17-,19+,21?;11-,14+,15-,19+;;/m00000../s1. The van der Waals surface area contributed by atoms with Crippen LogP contribution in [0.5, 0.6) is 5.75 Å². The number of nitrogens with zero attached hydrogens (tertiary/aromatic N) is 8. The number of nitrogens with one attached hydrogen (secondary N) is 4. The highest BCUT2D eigenvalue weighted by molar-refractivity contribution is 5.92. The largest absolute Gasteiger partial charge is 0.497 e. The van der Waals surface area contributed by atoms with Crippen LogP contribution in [-0.4, -0.2) is 202 Å². The topological polar surface area (TPSA) is 376 Å². The summed E-state index contributed by atoms with van der Waals surface area (Å²) in [6.07, 6.45) is 16.8. The Morgan fingerprint density at radius 1 is 0.466 bits per heavy atom. The van der Waals surface area contributed by atoms with E-state index in [0.717, 1.165) is 154 Å². The van der Waals surface area contributed by atoms with E-state index in [9.17, 15) is 48.3 Å². The molecule has 0 radical (unpaired) electrons. The zero-order valence-corrected chi connectivity index (χ0v) is 89.3. The van der Waals surface area contributed by atoms with Crippen LogP contribution in [0.4, 0.5) is 5.69 Å². The maximum Gasteiger partial charge on any atom is 0.373 e. The van der Waals surface area contributed by atoms with E-state index in [1.54, 1.807) is 14.0 Å². The lowest BCUT2D eigenvalue weighted by Gasteiger charge is -2.43. The first-order valence-electron chi connectivity index (χ1n) is 54.7. The third-order valence-electron chi connectivity index (χ3n) is 37.7. The van der Waals surface area contributed by atoms with E-state index < -0.39 is 6.10 Å². The molecule has 5 aliphatic carbocycles. The van der Waals surface area contributed by atoms with Crippen LogP contribution in [0.2, 0.25) is 0 Å². The first-order valence-corrected chi connectivity index (χ1v) is 54.7. The number of methoxy groups -OCH3 is 1. The van der Waals surface area contributed by atoms with Crippen molar-refractivity contribution in [2.45, 2.75) is 271 Å². The fraction of sp³-hybridized carbons (Fsp3) is 0.583. The zero-order valence-electron chi connectivity index (χ0n) is 89.3. The van der Waals surface area contributed by atoms with E-state index in [2.05, 4.69) is 248 Å². The monoisotopic (exact) mass is 2020 g/mol. The number of aliphatic hydroxyl groups excluding tert-OH is 1. The molecule has 23 atom stereocenters. The number of hydrogen-bond donors (Lipinski definition) is 6. The van der Waals surface area contributed by atoms with Crippen molar-refractivity contribution in [3.8, 4) is 11.8 Å². The van der Waals surface area contributed by atoms with Crippen molar-refractivity contribution < 1.29 is 72.2 Å². The van der Waals surface area contributed by atoms with Gasteiger partial charge in [-0.05, 0) is 261 Å². The number of carbonyl (C=O) groups excluding carboxylic acids is 13. The van der Waals surface area contributed by atoms with Crippen LogP contribution < -0.4 is 31.3 Å². The number of amides is 9. The Morgan fingerprint density at radius 2 is 0.851 bits per heavy atom. The molecule has 23 rings (SSSR count). The molecule has 12 heterocycles. The quantitative estimate of drug-likeness (QED) is 0.0584. The fourth-order valence-corrected chi connectivity index (χ4v) is 32.2. The van der Waals surface area contributed by atoms with Gasteiger partial charge in [0.25, 0.3) is 0 Å². The number of anilines is 1. The summed E-state index contributed by atoms with van der Waals surface area (Å²) >= 11 is 0. The molecule has 4 unspecified atom stereocenters. The molecule has 11 fully saturated rings. The summed E-state index contributed by atoms with van der Waals surface area (Å²) in [5.74, 6) is 4.65. The lowest BCUT2D eigenvalue weighted by atomic mass is 9.76. The van der Waals surface area contributed by atoms with Gasteiger partial charge in [-0.15, -0.1) is 0 Å². The summed E-state index contributed by atoms with van der Waals surface area (Å²) in [6.45, 7) is 37.3. The van der Waals surface area contributed by atoms with Gasteiger partial charge in [0.1, 0.15) is 12.3 Å². The summed E-state index contributed by atoms with van der Waals surface area (Å²) in [6, 6.07) is 45.2. The van der Waals surface area contributed by atoms with Gasteiger partial charge in [0.15, 0.2) is 0 Å².